The maximum absolute atomic E-state index is 11.2. The van der Waals surface area contributed by atoms with E-state index in [0.717, 1.165) is 39.5 Å². The van der Waals surface area contributed by atoms with Crippen LogP contribution < -0.4 is 4.72 Å². The summed E-state index contributed by atoms with van der Waals surface area (Å²) in [6.45, 7) is 0. The third-order valence-corrected chi connectivity index (χ3v) is 4.97. The largest absolute Gasteiger partial charge is 0.284 e. The summed E-state index contributed by atoms with van der Waals surface area (Å²) in [6.07, 6.45) is 1.86. The van der Waals surface area contributed by atoms with Crippen molar-refractivity contribution in [2.75, 3.05) is 11.0 Å². The van der Waals surface area contributed by atoms with Gasteiger partial charge in [-0.15, -0.1) is 11.3 Å². The number of halogens is 1. The molecule has 0 radical (unpaired) electrons. The van der Waals surface area contributed by atoms with Crippen LogP contribution in [0.4, 0.5) is 5.69 Å². The first kappa shape index (κ1) is 17.0. The van der Waals surface area contributed by atoms with Crippen LogP contribution in [0.5, 0.6) is 0 Å². The van der Waals surface area contributed by atoms with Gasteiger partial charge in [0.15, 0.2) is 0 Å². The molecule has 0 bridgehead atoms. The fourth-order valence-corrected chi connectivity index (χ4v) is 3.88. The first-order valence-electron chi connectivity index (χ1n) is 7.16. The zero-order valence-corrected chi connectivity index (χ0v) is 15.3. The Labute approximate surface area is 150 Å². The SMILES string of the molecule is CS(=O)(=O)Nc1ccc(-c2csc(Cc3cccc(Cl)c3)n2)cc1. The summed E-state index contributed by atoms with van der Waals surface area (Å²) in [5.74, 6) is 0. The molecule has 3 aromatic rings. The molecule has 0 spiro atoms. The third kappa shape index (κ3) is 4.56. The van der Waals surface area contributed by atoms with Gasteiger partial charge in [0.25, 0.3) is 0 Å². The summed E-state index contributed by atoms with van der Waals surface area (Å²) >= 11 is 7.60. The number of sulfonamides is 1. The molecule has 1 N–H and O–H groups in total. The third-order valence-electron chi connectivity index (χ3n) is 3.28. The Kier molecular flexibility index (Phi) is 4.89. The van der Waals surface area contributed by atoms with E-state index in [1.807, 2.05) is 41.8 Å². The first-order chi connectivity index (χ1) is 11.4. The van der Waals surface area contributed by atoms with E-state index in [0.29, 0.717) is 5.69 Å². The quantitative estimate of drug-likeness (QED) is 0.714. The second kappa shape index (κ2) is 6.93. The van der Waals surface area contributed by atoms with Crippen LogP contribution in [0.15, 0.2) is 53.9 Å². The second-order valence-corrected chi connectivity index (χ2v) is 8.51. The Morgan fingerprint density at radius 2 is 1.92 bits per heavy atom. The van der Waals surface area contributed by atoms with Gasteiger partial charge in [-0.05, 0) is 29.8 Å². The molecule has 0 aliphatic carbocycles. The van der Waals surface area contributed by atoms with Crippen LogP contribution in [0.25, 0.3) is 11.3 Å². The molecule has 124 valence electrons. The van der Waals surface area contributed by atoms with Gasteiger partial charge >= 0.3 is 0 Å². The van der Waals surface area contributed by atoms with Gasteiger partial charge < -0.3 is 0 Å². The summed E-state index contributed by atoms with van der Waals surface area (Å²) in [6, 6.07) is 14.9. The van der Waals surface area contributed by atoms with E-state index in [4.69, 9.17) is 11.6 Å². The van der Waals surface area contributed by atoms with Crippen molar-refractivity contribution < 1.29 is 8.42 Å². The predicted molar refractivity (Wildman–Crippen MR) is 100 cm³/mol. The summed E-state index contributed by atoms with van der Waals surface area (Å²) in [7, 11) is -3.26. The number of anilines is 1. The summed E-state index contributed by atoms with van der Waals surface area (Å²) in [4.78, 5) is 4.65. The van der Waals surface area contributed by atoms with Crippen LogP contribution in [0.3, 0.4) is 0 Å². The molecule has 0 aliphatic heterocycles. The Hall–Kier alpha value is -1.89. The Morgan fingerprint density at radius 3 is 2.58 bits per heavy atom. The molecule has 4 nitrogen and oxygen atoms in total. The number of hydrogen-bond donors (Lipinski definition) is 1. The molecule has 3 rings (SSSR count). The van der Waals surface area contributed by atoms with Gasteiger partial charge in [0.05, 0.1) is 17.0 Å². The minimum atomic E-state index is -3.26. The number of hydrogen-bond acceptors (Lipinski definition) is 4. The first-order valence-corrected chi connectivity index (χ1v) is 10.3. The van der Waals surface area contributed by atoms with Gasteiger partial charge in [-0.2, -0.15) is 0 Å². The number of benzene rings is 2. The van der Waals surface area contributed by atoms with E-state index in [1.165, 1.54) is 0 Å². The van der Waals surface area contributed by atoms with Crippen molar-refractivity contribution in [1.82, 2.24) is 4.98 Å². The molecule has 24 heavy (non-hydrogen) atoms. The Bertz CT molecular complexity index is 951. The standard InChI is InChI=1S/C17H15ClN2O2S2/c1-24(21,22)20-15-7-5-13(6-8-15)16-11-23-17(19-16)10-12-3-2-4-14(18)9-12/h2-9,11,20H,10H2,1H3. The van der Waals surface area contributed by atoms with Crippen LogP contribution in [0.1, 0.15) is 10.6 Å². The second-order valence-electron chi connectivity index (χ2n) is 5.38. The van der Waals surface area contributed by atoms with Crippen molar-refractivity contribution >= 4 is 38.6 Å². The summed E-state index contributed by atoms with van der Waals surface area (Å²) < 4.78 is 24.9. The van der Waals surface area contributed by atoms with E-state index < -0.39 is 10.0 Å². The van der Waals surface area contributed by atoms with Crippen LogP contribution in [0, 0.1) is 0 Å². The number of aromatic nitrogens is 1. The minimum Gasteiger partial charge on any atom is -0.284 e. The van der Waals surface area contributed by atoms with E-state index in [1.54, 1.807) is 23.5 Å². The van der Waals surface area contributed by atoms with E-state index in [2.05, 4.69) is 9.71 Å². The summed E-state index contributed by atoms with van der Waals surface area (Å²) in [5.41, 5.74) is 3.48. The van der Waals surface area contributed by atoms with Crippen molar-refractivity contribution in [3.05, 3.63) is 69.5 Å². The lowest BCUT2D eigenvalue weighted by Gasteiger charge is -2.04. The van der Waals surface area contributed by atoms with Crippen molar-refractivity contribution in [3.63, 3.8) is 0 Å². The molecule has 1 heterocycles. The normalized spacial score (nSPS) is 11.4. The highest BCUT2D eigenvalue weighted by molar-refractivity contribution is 7.92. The zero-order valence-electron chi connectivity index (χ0n) is 12.9. The maximum atomic E-state index is 11.2. The lowest BCUT2D eigenvalue weighted by molar-refractivity contribution is 0.607. The maximum Gasteiger partial charge on any atom is 0.229 e. The van der Waals surface area contributed by atoms with E-state index in [-0.39, 0.29) is 0 Å². The number of nitrogens with one attached hydrogen (secondary N) is 1. The molecule has 0 unspecified atom stereocenters. The topological polar surface area (TPSA) is 59.1 Å². The predicted octanol–water partition coefficient (Wildman–Crippen LogP) is 4.43. The van der Waals surface area contributed by atoms with Crippen LogP contribution in [-0.4, -0.2) is 19.7 Å². The minimum absolute atomic E-state index is 0.538. The zero-order chi connectivity index (χ0) is 17.2. The lowest BCUT2D eigenvalue weighted by atomic mass is 10.1. The molecule has 0 amide bonds. The molecule has 2 aromatic carbocycles. The van der Waals surface area contributed by atoms with Crippen LogP contribution >= 0.6 is 22.9 Å². The van der Waals surface area contributed by atoms with Crippen molar-refractivity contribution in [1.29, 1.82) is 0 Å². The highest BCUT2D eigenvalue weighted by Crippen LogP contribution is 2.25. The number of nitrogens with zero attached hydrogens (tertiary/aromatic N) is 1. The Balaban J connectivity index is 1.75. The summed E-state index contributed by atoms with van der Waals surface area (Å²) in [5, 5.41) is 3.72. The molecular formula is C17H15ClN2O2S2. The number of rotatable bonds is 5. The smallest absolute Gasteiger partial charge is 0.229 e. The molecule has 0 saturated heterocycles. The van der Waals surface area contributed by atoms with Gasteiger partial charge in [-0.1, -0.05) is 35.9 Å². The van der Waals surface area contributed by atoms with Gasteiger partial charge in [0.2, 0.25) is 10.0 Å². The fraction of sp³-hybridized carbons (Fsp3) is 0.118. The van der Waals surface area contributed by atoms with Gasteiger partial charge in [0.1, 0.15) is 0 Å². The van der Waals surface area contributed by atoms with Crippen LogP contribution in [-0.2, 0) is 16.4 Å². The highest BCUT2D eigenvalue weighted by Gasteiger charge is 2.07. The van der Waals surface area contributed by atoms with E-state index in [9.17, 15) is 8.42 Å². The van der Waals surface area contributed by atoms with Crippen molar-refractivity contribution in [3.8, 4) is 11.3 Å². The van der Waals surface area contributed by atoms with E-state index >= 15 is 0 Å². The van der Waals surface area contributed by atoms with Gasteiger partial charge in [-0.3, -0.25) is 4.72 Å². The van der Waals surface area contributed by atoms with Crippen molar-refractivity contribution in [2.45, 2.75) is 6.42 Å². The van der Waals surface area contributed by atoms with Crippen LogP contribution in [0.2, 0.25) is 5.02 Å². The average Bonchev–Trinajstić information content (AvgIpc) is 2.95. The molecule has 0 atom stereocenters. The van der Waals surface area contributed by atoms with Gasteiger partial charge in [-0.25, -0.2) is 13.4 Å². The fourth-order valence-electron chi connectivity index (χ4n) is 2.27. The molecule has 7 heteroatoms. The lowest BCUT2D eigenvalue weighted by Crippen LogP contribution is -2.09. The monoisotopic (exact) mass is 378 g/mol. The van der Waals surface area contributed by atoms with Crippen molar-refractivity contribution in [2.24, 2.45) is 0 Å². The molecule has 0 saturated carbocycles. The molecule has 0 fully saturated rings. The number of thiazole rings is 1. The molecular weight excluding hydrogens is 364 g/mol. The Morgan fingerprint density at radius 1 is 1.17 bits per heavy atom. The average molecular weight is 379 g/mol. The molecule has 0 aliphatic rings. The highest BCUT2D eigenvalue weighted by atomic mass is 35.5. The molecule has 1 aromatic heterocycles. The van der Waals surface area contributed by atoms with Gasteiger partial charge in [0, 0.05) is 28.1 Å².